The molecule has 2 atom stereocenters. The summed E-state index contributed by atoms with van der Waals surface area (Å²) in [6.07, 6.45) is -0.195. The zero-order valence-corrected chi connectivity index (χ0v) is 10.4. The van der Waals surface area contributed by atoms with Gasteiger partial charge in [-0.1, -0.05) is 5.16 Å². The lowest BCUT2D eigenvalue weighted by Gasteiger charge is -2.08. The highest BCUT2D eigenvalue weighted by atomic mass is 32.1. The van der Waals surface area contributed by atoms with Gasteiger partial charge in [-0.05, 0) is 13.8 Å². The fourth-order valence-electron chi connectivity index (χ4n) is 1.30. The molecule has 0 amide bonds. The Morgan fingerprint density at radius 1 is 1.53 bits per heavy atom. The van der Waals surface area contributed by atoms with Crippen LogP contribution in [-0.2, 0) is 6.42 Å². The van der Waals surface area contributed by atoms with Crippen LogP contribution in [-0.4, -0.2) is 26.3 Å². The van der Waals surface area contributed by atoms with E-state index < -0.39 is 12.1 Å². The molecule has 0 aliphatic rings. The number of aryl methyl sites for hydroxylation is 1. The molecular formula is C10H14N4O2S. The van der Waals surface area contributed by atoms with Crippen LogP contribution in [0.15, 0.2) is 9.90 Å². The Balaban J connectivity index is 2.08. The van der Waals surface area contributed by atoms with Crippen LogP contribution in [0.25, 0.3) is 0 Å². The molecular weight excluding hydrogens is 240 g/mol. The molecule has 0 aromatic carbocycles. The number of aliphatic hydroxyl groups excluding tert-OH is 1. The second kappa shape index (κ2) is 4.91. The average Bonchev–Trinajstić information content (AvgIpc) is 2.87. The molecule has 0 saturated carbocycles. The maximum absolute atomic E-state index is 9.31. The minimum Gasteiger partial charge on any atom is -0.391 e. The standard InChI is InChI=1S/C10H14N4O2S/c1-5-4-17-8(12-5)3-7-13-10(16-14-7)9(11)6(2)15/h4,6,9,15H,3,11H2,1-2H3. The van der Waals surface area contributed by atoms with Crippen molar-refractivity contribution >= 4 is 11.3 Å². The van der Waals surface area contributed by atoms with Crippen molar-refractivity contribution in [3.63, 3.8) is 0 Å². The van der Waals surface area contributed by atoms with Gasteiger partial charge in [-0.2, -0.15) is 4.98 Å². The summed E-state index contributed by atoms with van der Waals surface area (Å²) in [5.74, 6) is 0.786. The van der Waals surface area contributed by atoms with E-state index in [0.29, 0.717) is 12.2 Å². The summed E-state index contributed by atoms with van der Waals surface area (Å²) < 4.78 is 5.00. The monoisotopic (exact) mass is 254 g/mol. The van der Waals surface area contributed by atoms with Crippen molar-refractivity contribution < 1.29 is 9.63 Å². The van der Waals surface area contributed by atoms with Gasteiger partial charge in [0.15, 0.2) is 5.82 Å². The van der Waals surface area contributed by atoms with Crippen molar-refractivity contribution in [1.29, 1.82) is 0 Å². The average molecular weight is 254 g/mol. The third-order valence-corrected chi connectivity index (χ3v) is 3.23. The summed E-state index contributed by atoms with van der Waals surface area (Å²) in [5, 5.41) is 16.0. The number of hydrogen-bond donors (Lipinski definition) is 2. The van der Waals surface area contributed by atoms with E-state index in [2.05, 4.69) is 15.1 Å². The molecule has 2 unspecified atom stereocenters. The fraction of sp³-hybridized carbons (Fsp3) is 0.500. The highest BCUT2D eigenvalue weighted by molar-refractivity contribution is 7.09. The van der Waals surface area contributed by atoms with E-state index in [0.717, 1.165) is 10.7 Å². The molecule has 0 aliphatic heterocycles. The van der Waals surface area contributed by atoms with E-state index in [1.165, 1.54) is 0 Å². The van der Waals surface area contributed by atoms with Crippen molar-refractivity contribution in [2.24, 2.45) is 5.73 Å². The second-order valence-corrected chi connectivity index (χ2v) is 4.82. The number of aliphatic hydroxyl groups is 1. The smallest absolute Gasteiger partial charge is 0.246 e. The van der Waals surface area contributed by atoms with Crippen molar-refractivity contribution in [2.75, 3.05) is 0 Å². The molecule has 0 radical (unpaired) electrons. The first-order valence-corrected chi connectivity index (χ1v) is 6.11. The predicted octanol–water partition coefficient (Wildman–Crippen LogP) is 0.806. The zero-order chi connectivity index (χ0) is 12.4. The van der Waals surface area contributed by atoms with Crippen LogP contribution >= 0.6 is 11.3 Å². The molecule has 0 saturated heterocycles. The third-order valence-electron chi connectivity index (χ3n) is 2.26. The lowest BCUT2D eigenvalue weighted by Crippen LogP contribution is -2.23. The second-order valence-electron chi connectivity index (χ2n) is 3.87. The van der Waals surface area contributed by atoms with Crippen LogP contribution in [0, 0.1) is 6.92 Å². The van der Waals surface area contributed by atoms with Gasteiger partial charge in [0.05, 0.1) is 12.5 Å². The molecule has 0 fully saturated rings. The van der Waals surface area contributed by atoms with E-state index in [-0.39, 0.29) is 5.89 Å². The molecule has 2 aromatic rings. The minimum absolute atomic E-state index is 0.253. The van der Waals surface area contributed by atoms with Crippen LogP contribution in [0.2, 0.25) is 0 Å². The van der Waals surface area contributed by atoms with E-state index in [4.69, 9.17) is 10.3 Å². The Kier molecular flexibility index (Phi) is 3.51. The minimum atomic E-state index is -0.717. The first kappa shape index (κ1) is 12.2. The Morgan fingerprint density at radius 2 is 2.29 bits per heavy atom. The number of rotatable bonds is 4. The molecule has 0 bridgehead atoms. The molecule has 3 N–H and O–H groups in total. The molecule has 0 aliphatic carbocycles. The van der Waals surface area contributed by atoms with E-state index in [1.54, 1.807) is 18.3 Å². The van der Waals surface area contributed by atoms with Gasteiger partial charge in [0, 0.05) is 11.1 Å². The molecule has 2 aromatic heterocycles. The fourth-order valence-corrected chi connectivity index (χ4v) is 2.07. The summed E-state index contributed by atoms with van der Waals surface area (Å²) in [6, 6.07) is -0.644. The number of nitrogens with zero attached hydrogens (tertiary/aromatic N) is 3. The van der Waals surface area contributed by atoms with Crippen LogP contribution in [0.3, 0.4) is 0 Å². The maximum Gasteiger partial charge on any atom is 0.246 e. The first-order valence-electron chi connectivity index (χ1n) is 5.23. The predicted molar refractivity (Wildman–Crippen MR) is 62.6 cm³/mol. The number of nitrogens with two attached hydrogens (primary N) is 1. The van der Waals surface area contributed by atoms with Crippen molar-refractivity contribution in [3.05, 3.63) is 27.8 Å². The number of aromatic nitrogens is 3. The number of hydrogen-bond acceptors (Lipinski definition) is 7. The van der Waals surface area contributed by atoms with E-state index in [1.807, 2.05) is 12.3 Å². The Labute approximate surface area is 102 Å². The molecule has 2 heterocycles. The van der Waals surface area contributed by atoms with E-state index in [9.17, 15) is 5.11 Å². The Bertz CT molecular complexity index is 494. The summed E-state index contributed by atoms with van der Waals surface area (Å²) in [4.78, 5) is 8.45. The lowest BCUT2D eigenvalue weighted by atomic mass is 10.2. The quantitative estimate of drug-likeness (QED) is 0.837. The van der Waals surface area contributed by atoms with Crippen LogP contribution in [0.5, 0.6) is 0 Å². The van der Waals surface area contributed by atoms with Crippen molar-refractivity contribution in [2.45, 2.75) is 32.4 Å². The van der Waals surface area contributed by atoms with Crippen LogP contribution in [0.1, 0.15) is 35.4 Å². The Morgan fingerprint density at radius 3 is 2.88 bits per heavy atom. The molecule has 2 rings (SSSR count). The van der Waals surface area contributed by atoms with Crippen LogP contribution in [0.4, 0.5) is 0 Å². The molecule has 17 heavy (non-hydrogen) atoms. The summed E-state index contributed by atoms with van der Waals surface area (Å²) >= 11 is 1.55. The SMILES string of the molecule is Cc1csc(Cc2noc(C(N)C(C)O)n2)n1. The van der Waals surface area contributed by atoms with Gasteiger partial charge in [0.25, 0.3) is 0 Å². The first-order chi connectivity index (χ1) is 8.06. The lowest BCUT2D eigenvalue weighted by molar-refractivity contribution is 0.146. The van der Waals surface area contributed by atoms with Crippen molar-refractivity contribution in [3.8, 4) is 0 Å². The third kappa shape index (κ3) is 2.87. The van der Waals surface area contributed by atoms with Gasteiger partial charge in [-0.3, -0.25) is 0 Å². The van der Waals surface area contributed by atoms with Crippen LogP contribution < -0.4 is 5.73 Å². The summed E-state index contributed by atoms with van der Waals surface area (Å²) in [6.45, 7) is 3.52. The maximum atomic E-state index is 9.31. The summed E-state index contributed by atoms with van der Waals surface area (Å²) in [5.41, 5.74) is 6.67. The molecule has 92 valence electrons. The number of thiazole rings is 1. The molecule has 0 spiro atoms. The van der Waals surface area contributed by atoms with Gasteiger partial charge >= 0.3 is 0 Å². The van der Waals surface area contributed by atoms with Crippen molar-refractivity contribution in [1.82, 2.24) is 15.1 Å². The summed E-state index contributed by atoms with van der Waals surface area (Å²) in [7, 11) is 0. The zero-order valence-electron chi connectivity index (χ0n) is 9.62. The molecule has 7 heteroatoms. The highest BCUT2D eigenvalue weighted by Gasteiger charge is 2.19. The van der Waals surface area contributed by atoms with Gasteiger partial charge < -0.3 is 15.4 Å². The van der Waals surface area contributed by atoms with Gasteiger partial charge in [-0.25, -0.2) is 4.98 Å². The Hall–Kier alpha value is -1.31. The molecule has 6 nitrogen and oxygen atoms in total. The van der Waals surface area contributed by atoms with Gasteiger partial charge in [0.2, 0.25) is 5.89 Å². The van der Waals surface area contributed by atoms with Gasteiger partial charge in [-0.15, -0.1) is 11.3 Å². The largest absolute Gasteiger partial charge is 0.391 e. The van der Waals surface area contributed by atoms with E-state index >= 15 is 0 Å². The highest BCUT2D eigenvalue weighted by Crippen LogP contribution is 2.15. The van der Waals surface area contributed by atoms with Gasteiger partial charge in [0.1, 0.15) is 11.0 Å². The topological polar surface area (TPSA) is 98.1 Å². The normalized spacial score (nSPS) is 14.8.